The number of nitrogens with zero attached hydrogens (tertiary/aromatic N) is 1. The summed E-state index contributed by atoms with van der Waals surface area (Å²) in [7, 11) is -3.58. The molecule has 1 fully saturated rings. The van der Waals surface area contributed by atoms with Crippen molar-refractivity contribution in [1.29, 1.82) is 0 Å². The van der Waals surface area contributed by atoms with E-state index in [1.165, 1.54) is 10.4 Å². The van der Waals surface area contributed by atoms with E-state index in [0.717, 1.165) is 30.4 Å². The van der Waals surface area contributed by atoms with Crippen LogP contribution in [0.15, 0.2) is 47.4 Å². The van der Waals surface area contributed by atoms with Crippen molar-refractivity contribution in [1.82, 2.24) is 9.62 Å². The van der Waals surface area contributed by atoms with E-state index in [-0.39, 0.29) is 16.6 Å². The summed E-state index contributed by atoms with van der Waals surface area (Å²) in [5.41, 5.74) is 2.01. The van der Waals surface area contributed by atoms with Crippen LogP contribution >= 0.6 is 0 Å². The predicted molar refractivity (Wildman–Crippen MR) is 108 cm³/mol. The standard InChI is InChI=1S/C21H26N2O4S/c1-16-8-9-19(28(26,27)23-12-3-2-4-13-23)15-20(16)21(25)22-11-10-17-6-5-7-18(24)14-17/h5-9,14-15,24H,2-4,10-13H2,1H3,(H,22,25). The quantitative estimate of drug-likeness (QED) is 0.778. The van der Waals surface area contributed by atoms with E-state index >= 15 is 0 Å². The average Bonchev–Trinajstić information content (AvgIpc) is 2.69. The van der Waals surface area contributed by atoms with Crippen LogP contribution in [-0.4, -0.2) is 43.4 Å². The molecule has 3 rings (SSSR count). The number of amides is 1. The molecule has 2 aromatic carbocycles. The van der Waals surface area contributed by atoms with E-state index in [2.05, 4.69) is 5.32 Å². The van der Waals surface area contributed by atoms with E-state index in [1.807, 2.05) is 6.07 Å². The number of nitrogens with one attached hydrogen (secondary N) is 1. The second-order valence-corrected chi connectivity index (χ2v) is 9.06. The van der Waals surface area contributed by atoms with Gasteiger partial charge in [-0.05, 0) is 61.6 Å². The summed E-state index contributed by atoms with van der Waals surface area (Å²) in [4.78, 5) is 12.8. The number of rotatable bonds is 6. The fourth-order valence-electron chi connectivity index (χ4n) is 3.39. The minimum atomic E-state index is -3.58. The molecule has 28 heavy (non-hydrogen) atoms. The Balaban J connectivity index is 1.70. The summed E-state index contributed by atoms with van der Waals surface area (Å²) in [5, 5.41) is 12.3. The number of carbonyl (C=O) groups is 1. The highest BCUT2D eigenvalue weighted by atomic mass is 32.2. The van der Waals surface area contributed by atoms with Gasteiger partial charge in [0.2, 0.25) is 10.0 Å². The fraction of sp³-hybridized carbons (Fsp3) is 0.381. The first-order valence-corrected chi connectivity index (χ1v) is 11.0. The molecule has 6 nitrogen and oxygen atoms in total. The van der Waals surface area contributed by atoms with Crippen molar-refractivity contribution in [2.24, 2.45) is 0 Å². The van der Waals surface area contributed by atoms with Gasteiger partial charge in [-0.2, -0.15) is 4.31 Å². The van der Waals surface area contributed by atoms with Gasteiger partial charge in [-0.15, -0.1) is 0 Å². The van der Waals surface area contributed by atoms with Gasteiger partial charge in [0, 0.05) is 25.2 Å². The Bertz CT molecular complexity index is 951. The van der Waals surface area contributed by atoms with Crippen molar-refractivity contribution in [3.63, 3.8) is 0 Å². The van der Waals surface area contributed by atoms with Crippen molar-refractivity contribution in [2.75, 3.05) is 19.6 Å². The van der Waals surface area contributed by atoms with Crippen LogP contribution < -0.4 is 5.32 Å². The van der Waals surface area contributed by atoms with Gasteiger partial charge >= 0.3 is 0 Å². The van der Waals surface area contributed by atoms with Gasteiger partial charge in [-0.25, -0.2) is 8.42 Å². The van der Waals surface area contributed by atoms with E-state index in [9.17, 15) is 18.3 Å². The third-order valence-electron chi connectivity index (χ3n) is 5.02. The largest absolute Gasteiger partial charge is 0.508 e. The minimum absolute atomic E-state index is 0.165. The summed E-state index contributed by atoms with van der Waals surface area (Å²) >= 11 is 0. The van der Waals surface area contributed by atoms with Gasteiger partial charge in [0.25, 0.3) is 5.91 Å². The van der Waals surface area contributed by atoms with Crippen LogP contribution in [0.4, 0.5) is 0 Å². The lowest BCUT2D eigenvalue weighted by Crippen LogP contribution is -2.35. The molecule has 7 heteroatoms. The van der Waals surface area contributed by atoms with E-state index in [4.69, 9.17) is 0 Å². The molecule has 2 N–H and O–H groups in total. The van der Waals surface area contributed by atoms with Gasteiger partial charge in [0.1, 0.15) is 5.75 Å². The molecular weight excluding hydrogens is 376 g/mol. The molecule has 2 aromatic rings. The zero-order chi connectivity index (χ0) is 20.1. The molecular formula is C21H26N2O4S. The zero-order valence-corrected chi connectivity index (χ0v) is 16.8. The maximum absolute atomic E-state index is 12.9. The Kier molecular flexibility index (Phi) is 6.36. The van der Waals surface area contributed by atoms with Gasteiger partial charge in [0.05, 0.1) is 4.90 Å². The highest BCUT2D eigenvalue weighted by molar-refractivity contribution is 7.89. The molecule has 150 valence electrons. The molecule has 0 aliphatic carbocycles. The third-order valence-corrected chi connectivity index (χ3v) is 6.91. The Morgan fingerprint density at radius 3 is 2.57 bits per heavy atom. The fourth-order valence-corrected chi connectivity index (χ4v) is 4.93. The number of aryl methyl sites for hydroxylation is 1. The molecule has 0 bridgehead atoms. The minimum Gasteiger partial charge on any atom is -0.508 e. The SMILES string of the molecule is Cc1ccc(S(=O)(=O)N2CCCCC2)cc1C(=O)NCCc1cccc(O)c1. The van der Waals surface area contributed by atoms with Gasteiger partial charge < -0.3 is 10.4 Å². The third kappa shape index (κ3) is 4.72. The second kappa shape index (κ2) is 8.75. The number of benzene rings is 2. The normalized spacial score (nSPS) is 15.3. The van der Waals surface area contributed by atoms with Crippen LogP contribution in [0.3, 0.4) is 0 Å². The molecule has 0 spiro atoms. The predicted octanol–water partition coefficient (Wildman–Crippen LogP) is 2.85. The molecule has 1 aliphatic rings. The number of hydrogen-bond acceptors (Lipinski definition) is 4. The van der Waals surface area contributed by atoms with Crippen LogP contribution in [0.5, 0.6) is 5.75 Å². The lowest BCUT2D eigenvalue weighted by molar-refractivity contribution is 0.0953. The van der Waals surface area contributed by atoms with Crippen molar-refractivity contribution in [2.45, 2.75) is 37.5 Å². The van der Waals surface area contributed by atoms with E-state index in [0.29, 0.717) is 31.6 Å². The summed E-state index contributed by atoms with van der Waals surface area (Å²) in [5.74, 6) is -0.108. The topological polar surface area (TPSA) is 86.7 Å². The number of sulfonamides is 1. The lowest BCUT2D eigenvalue weighted by Gasteiger charge is -2.26. The van der Waals surface area contributed by atoms with Crippen molar-refractivity contribution < 1.29 is 18.3 Å². The number of hydrogen-bond donors (Lipinski definition) is 2. The van der Waals surface area contributed by atoms with E-state index in [1.54, 1.807) is 37.3 Å². The smallest absolute Gasteiger partial charge is 0.251 e. The van der Waals surface area contributed by atoms with Crippen LogP contribution in [0.2, 0.25) is 0 Å². The van der Waals surface area contributed by atoms with Gasteiger partial charge in [-0.3, -0.25) is 4.79 Å². The molecule has 1 heterocycles. The van der Waals surface area contributed by atoms with Crippen LogP contribution in [0.1, 0.15) is 40.7 Å². The lowest BCUT2D eigenvalue weighted by atomic mass is 10.1. The Labute approximate surface area is 166 Å². The number of aromatic hydroxyl groups is 1. The molecule has 1 aliphatic heterocycles. The number of phenols is 1. The molecule has 0 atom stereocenters. The maximum atomic E-state index is 12.9. The Hall–Kier alpha value is -2.38. The summed E-state index contributed by atoms with van der Waals surface area (Å²) < 4.78 is 27.3. The summed E-state index contributed by atoms with van der Waals surface area (Å²) in [6, 6.07) is 11.6. The Morgan fingerprint density at radius 1 is 1.11 bits per heavy atom. The van der Waals surface area contributed by atoms with Gasteiger partial charge in [0.15, 0.2) is 0 Å². The van der Waals surface area contributed by atoms with Gasteiger partial charge in [-0.1, -0.05) is 24.6 Å². The number of phenolic OH excluding ortho intramolecular Hbond substituents is 1. The second-order valence-electron chi connectivity index (χ2n) is 7.12. The first-order chi connectivity index (χ1) is 13.4. The monoisotopic (exact) mass is 402 g/mol. The first-order valence-electron chi connectivity index (χ1n) is 9.55. The van der Waals surface area contributed by atoms with Crippen LogP contribution in [-0.2, 0) is 16.4 Å². The first kappa shape index (κ1) is 20.4. The summed E-state index contributed by atoms with van der Waals surface area (Å²) in [6.07, 6.45) is 3.36. The Morgan fingerprint density at radius 2 is 1.86 bits per heavy atom. The zero-order valence-electron chi connectivity index (χ0n) is 16.0. The van der Waals surface area contributed by atoms with E-state index < -0.39 is 10.0 Å². The molecule has 0 radical (unpaired) electrons. The summed E-state index contributed by atoms with van der Waals surface area (Å²) in [6.45, 7) is 3.25. The number of carbonyl (C=O) groups excluding carboxylic acids is 1. The van der Waals surface area contributed by atoms with Crippen LogP contribution in [0.25, 0.3) is 0 Å². The molecule has 1 saturated heterocycles. The molecule has 0 saturated carbocycles. The molecule has 0 aromatic heterocycles. The highest BCUT2D eigenvalue weighted by Crippen LogP contribution is 2.23. The molecule has 1 amide bonds. The van der Waals surface area contributed by atoms with Crippen molar-refractivity contribution in [3.05, 3.63) is 59.2 Å². The highest BCUT2D eigenvalue weighted by Gasteiger charge is 2.27. The molecule has 0 unspecified atom stereocenters. The van der Waals surface area contributed by atoms with Crippen LogP contribution in [0, 0.1) is 6.92 Å². The maximum Gasteiger partial charge on any atom is 0.251 e. The average molecular weight is 403 g/mol. The number of piperidine rings is 1. The van der Waals surface area contributed by atoms with Crippen molar-refractivity contribution >= 4 is 15.9 Å². The van der Waals surface area contributed by atoms with Crippen molar-refractivity contribution in [3.8, 4) is 5.75 Å².